The van der Waals surface area contributed by atoms with Crippen molar-refractivity contribution in [1.82, 2.24) is 0 Å². The lowest BCUT2D eigenvalue weighted by Crippen LogP contribution is -1.92. The van der Waals surface area contributed by atoms with Crippen molar-refractivity contribution in [3.63, 3.8) is 0 Å². The molecule has 0 nitrogen and oxygen atoms in total. The van der Waals surface area contributed by atoms with Gasteiger partial charge in [0.15, 0.2) is 0 Å². The van der Waals surface area contributed by atoms with E-state index < -0.39 is 0 Å². The van der Waals surface area contributed by atoms with Gasteiger partial charge in [-0.15, -0.1) is 0 Å². The second-order valence-corrected chi connectivity index (χ2v) is 4.00. The molecular formula is C6H11Br. The van der Waals surface area contributed by atoms with Crippen LogP contribution in [0.25, 0.3) is 0 Å². The van der Waals surface area contributed by atoms with Crippen LogP contribution in [0.1, 0.15) is 20.3 Å². The lowest BCUT2D eigenvalue weighted by Gasteiger charge is -1.94. The van der Waals surface area contributed by atoms with E-state index in [1.165, 1.54) is 6.42 Å². The second-order valence-electron chi connectivity index (χ2n) is 2.55. The van der Waals surface area contributed by atoms with Gasteiger partial charge in [0.25, 0.3) is 0 Å². The summed E-state index contributed by atoms with van der Waals surface area (Å²) in [6, 6.07) is 0. The smallest absolute Gasteiger partial charge is 0.0148 e. The van der Waals surface area contributed by atoms with Crippen molar-refractivity contribution in [2.75, 3.05) is 0 Å². The van der Waals surface area contributed by atoms with Gasteiger partial charge in [0.2, 0.25) is 0 Å². The van der Waals surface area contributed by atoms with Crippen molar-refractivity contribution in [2.45, 2.75) is 25.1 Å². The van der Waals surface area contributed by atoms with Gasteiger partial charge in [-0.25, -0.2) is 0 Å². The first-order valence-corrected chi connectivity index (χ1v) is 3.77. The highest BCUT2D eigenvalue weighted by Gasteiger charge is 2.35. The zero-order chi connectivity index (χ0) is 5.44. The summed E-state index contributed by atoms with van der Waals surface area (Å²) >= 11 is 3.54. The minimum Gasteiger partial charge on any atom is -0.0891 e. The molecule has 1 aliphatic rings. The molecule has 0 N–H and O–H groups in total. The Morgan fingerprint density at radius 2 is 2.14 bits per heavy atom. The van der Waals surface area contributed by atoms with Gasteiger partial charge in [0.1, 0.15) is 0 Å². The number of hydrogen-bond acceptors (Lipinski definition) is 0. The molecule has 42 valence electrons. The van der Waals surface area contributed by atoms with E-state index in [1.807, 2.05) is 0 Å². The summed E-state index contributed by atoms with van der Waals surface area (Å²) in [5.74, 6) is 1.98. The topological polar surface area (TPSA) is 0 Å². The molecular weight excluding hydrogens is 152 g/mol. The van der Waals surface area contributed by atoms with Crippen LogP contribution in [0.2, 0.25) is 0 Å². The van der Waals surface area contributed by atoms with Crippen LogP contribution in [0.5, 0.6) is 0 Å². The van der Waals surface area contributed by atoms with Gasteiger partial charge in [-0.1, -0.05) is 29.8 Å². The maximum atomic E-state index is 3.54. The van der Waals surface area contributed by atoms with Crippen LogP contribution >= 0.6 is 15.9 Å². The fourth-order valence-electron chi connectivity index (χ4n) is 0.991. The summed E-state index contributed by atoms with van der Waals surface area (Å²) in [6.45, 7) is 4.54. The molecule has 0 radical (unpaired) electrons. The van der Waals surface area contributed by atoms with E-state index >= 15 is 0 Å². The molecule has 1 rings (SSSR count). The Morgan fingerprint density at radius 1 is 1.71 bits per heavy atom. The first-order chi connectivity index (χ1) is 3.22. The van der Waals surface area contributed by atoms with Crippen molar-refractivity contribution in [3.8, 4) is 0 Å². The minimum absolute atomic E-state index is 0.752. The van der Waals surface area contributed by atoms with Crippen LogP contribution in [0, 0.1) is 11.8 Å². The van der Waals surface area contributed by atoms with Crippen molar-refractivity contribution in [3.05, 3.63) is 0 Å². The molecule has 0 bridgehead atoms. The molecule has 0 aromatic carbocycles. The fraction of sp³-hybridized carbons (Fsp3) is 1.00. The third kappa shape index (κ3) is 1.18. The largest absolute Gasteiger partial charge is 0.0891 e. The van der Waals surface area contributed by atoms with E-state index in [0.29, 0.717) is 0 Å². The SMILES string of the molecule is CC(Br)C1CC1C. The third-order valence-electron chi connectivity index (χ3n) is 1.76. The molecule has 1 heteroatoms. The van der Waals surface area contributed by atoms with Gasteiger partial charge in [0, 0.05) is 4.83 Å². The lowest BCUT2D eigenvalue weighted by molar-refractivity contribution is 0.749. The van der Waals surface area contributed by atoms with Crippen molar-refractivity contribution in [2.24, 2.45) is 11.8 Å². The van der Waals surface area contributed by atoms with Crippen molar-refractivity contribution in [1.29, 1.82) is 0 Å². The Bertz CT molecular complexity index is 68.6. The fourth-order valence-corrected chi connectivity index (χ4v) is 1.73. The number of halogens is 1. The average molecular weight is 163 g/mol. The summed E-state index contributed by atoms with van der Waals surface area (Å²) in [6.07, 6.45) is 1.44. The van der Waals surface area contributed by atoms with Crippen LogP contribution in [-0.4, -0.2) is 4.83 Å². The predicted octanol–water partition coefficient (Wildman–Crippen LogP) is 2.43. The van der Waals surface area contributed by atoms with Gasteiger partial charge in [-0.2, -0.15) is 0 Å². The molecule has 3 unspecified atom stereocenters. The molecule has 0 saturated heterocycles. The summed E-state index contributed by atoms with van der Waals surface area (Å²) in [4.78, 5) is 0.752. The Kier molecular flexibility index (Phi) is 1.42. The molecule has 0 amide bonds. The Balaban J connectivity index is 2.20. The summed E-state index contributed by atoms with van der Waals surface area (Å²) in [5.41, 5.74) is 0. The van der Waals surface area contributed by atoms with Crippen LogP contribution in [0.15, 0.2) is 0 Å². The molecule has 0 aromatic rings. The van der Waals surface area contributed by atoms with E-state index in [1.54, 1.807) is 0 Å². The highest BCUT2D eigenvalue weighted by Crippen LogP contribution is 2.43. The second kappa shape index (κ2) is 1.77. The predicted molar refractivity (Wildman–Crippen MR) is 35.7 cm³/mol. The first-order valence-electron chi connectivity index (χ1n) is 2.86. The van der Waals surface area contributed by atoms with E-state index in [-0.39, 0.29) is 0 Å². The highest BCUT2D eigenvalue weighted by atomic mass is 79.9. The standard InChI is InChI=1S/C6H11Br/c1-4-3-6(4)5(2)7/h4-6H,3H2,1-2H3. The molecule has 0 aliphatic heterocycles. The van der Waals surface area contributed by atoms with Crippen LogP contribution in [0.3, 0.4) is 0 Å². The maximum Gasteiger partial charge on any atom is 0.0148 e. The Hall–Kier alpha value is 0.480. The zero-order valence-corrected chi connectivity index (χ0v) is 6.40. The molecule has 1 fully saturated rings. The Morgan fingerprint density at radius 3 is 2.14 bits per heavy atom. The summed E-state index contributed by atoms with van der Waals surface area (Å²) in [5, 5.41) is 0. The summed E-state index contributed by atoms with van der Waals surface area (Å²) < 4.78 is 0. The van der Waals surface area contributed by atoms with Gasteiger partial charge in [-0.3, -0.25) is 0 Å². The molecule has 0 aromatic heterocycles. The first kappa shape index (κ1) is 5.61. The van der Waals surface area contributed by atoms with Gasteiger partial charge >= 0.3 is 0 Å². The van der Waals surface area contributed by atoms with E-state index in [0.717, 1.165) is 16.7 Å². The van der Waals surface area contributed by atoms with Crippen LogP contribution in [-0.2, 0) is 0 Å². The van der Waals surface area contributed by atoms with E-state index in [2.05, 4.69) is 29.8 Å². The molecule has 3 atom stereocenters. The van der Waals surface area contributed by atoms with Gasteiger partial charge in [0.05, 0.1) is 0 Å². The summed E-state index contributed by atoms with van der Waals surface area (Å²) in [7, 11) is 0. The number of alkyl halides is 1. The van der Waals surface area contributed by atoms with Gasteiger partial charge < -0.3 is 0 Å². The zero-order valence-electron chi connectivity index (χ0n) is 4.82. The van der Waals surface area contributed by atoms with Crippen LogP contribution < -0.4 is 0 Å². The maximum absolute atomic E-state index is 3.54. The molecule has 1 saturated carbocycles. The minimum atomic E-state index is 0.752. The third-order valence-corrected chi connectivity index (χ3v) is 2.44. The number of rotatable bonds is 1. The normalized spacial score (nSPS) is 43.3. The Labute approximate surface area is 53.4 Å². The highest BCUT2D eigenvalue weighted by molar-refractivity contribution is 9.09. The molecule has 0 spiro atoms. The van der Waals surface area contributed by atoms with Crippen molar-refractivity contribution < 1.29 is 0 Å². The van der Waals surface area contributed by atoms with E-state index in [4.69, 9.17) is 0 Å². The lowest BCUT2D eigenvalue weighted by atomic mass is 10.3. The molecule has 0 heterocycles. The quantitative estimate of drug-likeness (QED) is 0.520. The monoisotopic (exact) mass is 162 g/mol. The van der Waals surface area contributed by atoms with Gasteiger partial charge in [-0.05, 0) is 18.3 Å². The van der Waals surface area contributed by atoms with Crippen LogP contribution in [0.4, 0.5) is 0 Å². The molecule has 1 aliphatic carbocycles. The average Bonchev–Trinajstić information content (AvgIpc) is 2.17. The van der Waals surface area contributed by atoms with Crippen molar-refractivity contribution >= 4 is 15.9 Å². The van der Waals surface area contributed by atoms with E-state index in [9.17, 15) is 0 Å². The number of hydrogen-bond donors (Lipinski definition) is 0. The molecule has 7 heavy (non-hydrogen) atoms.